The van der Waals surface area contributed by atoms with Crippen LogP contribution in [-0.4, -0.2) is 5.16 Å². The molecule has 0 saturated heterocycles. The molecule has 0 aliphatic heterocycles. The van der Waals surface area contributed by atoms with Gasteiger partial charge in [0.25, 0.3) is 0 Å². The molecule has 84 valence electrons. The summed E-state index contributed by atoms with van der Waals surface area (Å²) in [6, 6.07) is 6.50. The van der Waals surface area contributed by atoms with Gasteiger partial charge in [0.05, 0.1) is 6.20 Å². The lowest BCUT2D eigenvalue weighted by Gasteiger charge is -2.21. The average molecular weight is 219 g/mol. The SMILES string of the molecule is CC(C)(C)c1ccc(F)cc1-c1ccno1. The van der Waals surface area contributed by atoms with Crippen LogP contribution in [0.1, 0.15) is 26.3 Å². The first-order chi connectivity index (χ1) is 7.48. The van der Waals surface area contributed by atoms with Gasteiger partial charge in [0, 0.05) is 11.6 Å². The Morgan fingerprint density at radius 3 is 2.50 bits per heavy atom. The quantitative estimate of drug-likeness (QED) is 0.729. The summed E-state index contributed by atoms with van der Waals surface area (Å²) in [5, 5.41) is 3.65. The molecule has 0 spiro atoms. The highest BCUT2D eigenvalue weighted by molar-refractivity contribution is 5.63. The molecule has 0 aliphatic carbocycles. The molecule has 0 unspecified atom stereocenters. The zero-order chi connectivity index (χ0) is 11.8. The van der Waals surface area contributed by atoms with Crippen molar-refractivity contribution in [2.24, 2.45) is 0 Å². The Morgan fingerprint density at radius 2 is 1.94 bits per heavy atom. The van der Waals surface area contributed by atoms with Crippen molar-refractivity contribution in [3.8, 4) is 11.3 Å². The lowest BCUT2D eigenvalue weighted by atomic mass is 9.83. The molecule has 3 heteroatoms. The van der Waals surface area contributed by atoms with E-state index >= 15 is 0 Å². The van der Waals surface area contributed by atoms with Gasteiger partial charge in [-0.25, -0.2) is 4.39 Å². The van der Waals surface area contributed by atoms with Gasteiger partial charge in [-0.2, -0.15) is 0 Å². The van der Waals surface area contributed by atoms with Crippen LogP contribution in [0.15, 0.2) is 35.0 Å². The van der Waals surface area contributed by atoms with Gasteiger partial charge in [0.15, 0.2) is 5.76 Å². The van der Waals surface area contributed by atoms with Gasteiger partial charge in [0.1, 0.15) is 5.82 Å². The fourth-order valence-electron chi connectivity index (χ4n) is 1.73. The predicted molar refractivity (Wildman–Crippen MR) is 60.6 cm³/mol. The molecule has 0 aliphatic rings. The second-order valence-corrected chi connectivity index (χ2v) is 4.82. The normalized spacial score (nSPS) is 11.8. The van der Waals surface area contributed by atoms with E-state index in [1.807, 2.05) is 0 Å². The lowest BCUT2D eigenvalue weighted by Crippen LogP contribution is -2.12. The van der Waals surface area contributed by atoms with Crippen molar-refractivity contribution in [1.29, 1.82) is 0 Å². The molecule has 2 aromatic rings. The molecule has 0 atom stereocenters. The minimum absolute atomic E-state index is 0.0597. The van der Waals surface area contributed by atoms with E-state index in [9.17, 15) is 4.39 Å². The molecule has 1 aromatic carbocycles. The van der Waals surface area contributed by atoms with E-state index < -0.39 is 0 Å². The van der Waals surface area contributed by atoms with Crippen LogP contribution in [0.5, 0.6) is 0 Å². The largest absolute Gasteiger partial charge is 0.356 e. The highest BCUT2D eigenvalue weighted by Gasteiger charge is 2.20. The number of aromatic nitrogens is 1. The fourth-order valence-corrected chi connectivity index (χ4v) is 1.73. The van der Waals surface area contributed by atoms with Crippen LogP contribution in [0.4, 0.5) is 4.39 Å². The van der Waals surface area contributed by atoms with Crippen molar-refractivity contribution >= 4 is 0 Å². The molecule has 1 aromatic heterocycles. The Morgan fingerprint density at radius 1 is 1.19 bits per heavy atom. The summed E-state index contributed by atoms with van der Waals surface area (Å²) in [6.07, 6.45) is 1.56. The van der Waals surface area contributed by atoms with E-state index in [2.05, 4.69) is 25.9 Å². The summed E-state index contributed by atoms with van der Waals surface area (Å²) in [5.74, 6) is 0.337. The minimum atomic E-state index is -0.264. The van der Waals surface area contributed by atoms with Crippen molar-refractivity contribution in [2.75, 3.05) is 0 Å². The number of benzene rings is 1. The van der Waals surface area contributed by atoms with Gasteiger partial charge in [-0.1, -0.05) is 32.0 Å². The molecule has 0 N–H and O–H groups in total. The maximum Gasteiger partial charge on any atom is 0.167 e. The summed E-state index contributed by atoms with van der Waals surface area (Å²) in [4.78, 5) is 0. The number of hydrogen-bond donors (Lipinski definition) is 0. The number of nitrogens with zero attached hydrogens (tertiary/aromatic N) is 1. The molecular weight excluding hydrogens is 205 g/mol. The zero-order valence-corrected chi connectivity index (χ0v) is 9.62. The first kappa shape index (κ1) is 10.9. The average Bonchev–Trinajstić information content (AvgIpc) is 2.68. The van der Waals surface area contributed by atoms with Crippen LogP contribution in [0.3, 0.4) is 0 Å². The van der Waals surface area contributed by atoms with Crippen LogP contribution >= 0.6 is 0 Å². The molecule has 2 rings (SSSR count). The number of rotatable bonds is 1. The summed E-state index contributed by atoms with van der Waals surface area (Å²) in [7, 11) is 0. The lowest BCUT2D eigenvalue weighted by molar-refractivity contribution is 0.430. The second-order valence-electron chi connectivity index (χ2n) is 4.82. The third-order valence-corrected chi connectivity index (χ3v) is 2.49. The standard InChI is InChI=1S/C13H14FNO/c1-13(2,3)11-5-4-9(14)8-10(11)12-6-7-15-16-12/h4-8H,1-3H3. The van der Waals surface area contributed by atoms with E-state index in [0.717, 1.165) is 11.1 Å². The summed E-state index contributed by atoms with van der Waals surface area (Å²) < 4.78 is 18.4. The molecular formula is C13H14FNO. The first-order valence-corrected chi connectivity index (χ1v) is 5.19. The van der Waals surface area contributed by atoms with Crippen LogP contribution < -0.4 is 0 Å². The Kier molecular flexibility index (Phi) is 2.54. The van der Waals surface area contributed by atoms with Crippen LogP contribution in [0.25, 0.3) is 11.3 Å². The molecule has 0 fully saturated rings. The molecule has 16 heavy (non-hydrogen) atoms. The van der Waals surface area contributed by atoms with Gasteiger partial charge in [-0.3, -0.25) is 0 Å². The van der Waals surface area contributed by atoms with Crippen molar-refractivity contribution in [3.05, 3.63) is 41.8 Å². The van der Waals surface area contributed by atoms with Gasteiger partial charge in [-0.05, 0) is 23.1 Å². The van der Waals surface area contributed by atoms with Gasteiger partial charge < -0.3 is 4.52 Å². The van der Waals surface area contributed by atoms with E-state index in [1.165, 1.54) is 12.1 Å². The maximum absolute atomic E-state index is 13.3. The Labute approximate surface area is 94.1 Å². The molecule has 0 saturated carbocycles. The Balaban J connectivity index is 2.63. The highest BCUT2D eigenvalue weighted by Crippen LogP contribution is 2.33. The third kappa shape index (κ3) is 1.98. The Hall–Kier alpha value is -1.64. The summed E-state index contributed by atoms with van der Waals surface area (Å²) >= 11 is 0. The van der Waals surface area contributed by atoms with Crippen LogP contribution in [0.2, 0.25) is 0 Å². The van der Waals surface area contributed by atoms with Crippen LogP contribution in [0, 0.1) is 5.82 Å². The third-order valence-electron chi connectivity index (χ3n) is 2.49. The van der Waals surface area contributed by atoms with Crippen LogP contribution in [-0.2, 0) is 5.41 Å². The van der Waals surface area contributed by atoms with E-state index in [-0.39, 0.29) is 11.2 Å². The topological polar surface area (TPSA) is 26.0 Å². The monoisotopic (exact) mass is 219 g/mol. The van der Waals surface area contributed by atoms with Gasteiger partial charge >= 0.3 is 0 Å². The van der Waals surface area contributed by atoms with E-state index in [0.29, 0.717) is 5.76 Å². The van der Waals surface area contributed by atoms with Crippen molar-refractivity contribution in [1.82, 2.24) is 5.16 Å². The highest BCUT2D eigenvalue weighted by atomic mass is 19.1. The second kappa shape index (κ2) is 3.74. The maximum atomic E-state index is 13.3. The van der Waals surface area contributed by atoms with Crippen molar-refractivity contribution in [3.63, 3.8) is 0 Å². The van der Waals surface area contributed by atoms with E-state index in [1.54, 1.807) is 18.3 Å². The fraction of sp³-hybridized carbons (Fsp3) is 0.308. The minimum Gasteiger partial charge on any atom is -0.356 e. The predicted octanol–water partition coefficient (Wildman–Crippen LogP) is 3.78. The molecule has 2 nitrogen and oxygen atoms in total. The smallest absolute Gasteiger partial charge is 0.167 e. The first-order valence-electron chi connectivity index (χ1n) is 5.19. The Bertz CT molecular complexity index is 483. The van der Waals surface area contributed by atoms with Crippen molar-refractivity contribution < 1.29 is 8.91 Å². The zero-order valence-electron chi connectivity index (χ0n) is 9.62. The molecule has 1 heterocycles. The molecule has 0 bridgehead atoms. The molecule has 0 amide bonds. The summed E-state index contributed by atoms with van der Waals surface area (Å²) in [5.41, 5.74) is 1.76. The van der Waals surface area contributed by atoms with Crippen molar-refractivity contribution in [2.45, 2.75) is 26.2 Å². The number of hydrogen-bond acceptors (Lipinski definition) is 2. The summed E-state index contributed by atoms with van der Waals surface area (Å²) in [6.45, 7) is 6.25. The van der Waals surface area contributed by atoms with Gasteiger partial charge in [-0.15, -0.1) is 0 Å². The number of halogens is 1. The van der Waals surface area contributed by atoms with Gasteiger partial charge in [0.2, 0.25) is 0 Å². The van der Waals surface area contributed by atoms with E-state index in [4.69, 9.17) is 4.52 Å². The molecule has 0 radical (unpaired) electrons.